The first-order valence-electron chi connectivity index (χ1n) is 9.56. The van der Waals surface area contributed by atoms with Gasteiger partial charge >= 0.3 is 17.9 Å². The van der Waals surface area contributed by atoms with Crippen LogP contribution < -0.4 is 0 Å². The normalized spacial score (nSPS) is 38.2. The van der Waals surface area contributed by atoms with Crippen LogP contribution in [0.1, 0.15) is 65.2 Å². The van der Waals surface area contributed by atoms with E-state index >= 15 is 0 Å². The summed E-state index contributed by atoms with van der Waals surface area (Å²) in [6.07, 6.45) is 7.06. The number of rotatable bonds is 2. The molecule has 0 spiro atoms. The number of ether oxygens (including phenoxy) is 4. The van der Waals surface area contributed by atoms with Crippen LogP contribution in [-0.2, 0) is 33.3 Å². The molecule has 4 fully saturated rings. The van der Waals surface area contributed by atoms with Gasteiger partial charge in [-0.25, -0.2) is 0 Å². The van der Waals surface area contributed by atoms with Crippen LogP contribution in [0.3, 0.4) is 0 Å². The van der Waals surface area contributed by atoms with Crippen LogP contribution >= 0.6 is 0 Å². The Morgan fingerprint density at radius 3 is 2.65 bits per heavy atom. The van der Waals surface area contributed by atoms with Crippen molar-refractivity contribution in [1.82, 2.24) is 0 Å². The predicted molar refractivity (Wildman–Crippen MR) is 89.8 cm³/mol. The van der Waals surface area contributed by atoms with Gasteiger partial charge in [-0.2, -0.15) is 0 Å². The topological polar surface area (TPSA) is 88.1 Å². The largest absolute Gasteiger partial charge is 0.459 e. The Morgan fingerprint density at radius 2 is 1.92 bits per heavy atom. The van der Waals surface area contributed by atoms with E-state index in [4.69, 9.17) is 18.9 Å². The summed E-state index contributed by atoms with van der Waals surface area (Å²) in [5, 5.41) is 0. The second kappa shape index (κ2) is 7.55. The molecule has 26 heavy (non-hydrogen) atoms. The lowest BCUT2D eigenvalue weighted by Crippen LogP contribution is -2.69. The second-order valence-corrected chi connectivity index (χ2v) is 7.94. The van der Waals surface area contributed by atoms with E-state index in [1.807, 2.05) is 6.92 Å². The minimum absolute atomic E-state index is 0.256. The minimum Gasteiger partial charge on any atom is -0.459 e. The number of fused-ring (bicyclic) bond motifs is 10. The summed E-state index contributed by atoms with van der Waals surface area (Å²) < 4.78 is 22.1. The van der Waals surface area contributed by atoms with E-state index in [-0.39, 0.29) is 37.0 Å². The van der Waals surface area contributed by atoms with E-state index in [9.17, 15) is 14.4 Å². The van der Waals surface area contributed by atoms with Crippen molar-refractivity contribution in [1.29, 1.82) is 0 Å². The summed E-state index contributed by atoms with van der Waals surface area (Å²) >= 11 is 0. The van der Waals surface area contributed by atoms with Gasteiger partial charge < -0.3 is 18.9 Å². The van der Waals surface area contributed by atoms with Gasteiger partial charge in [-0.3, -0.25) is 14.4 Å². The molecule has 4 aliphatic rings. The molecule has 0 aromatic rings. The monoisotopic (exact) mass is 368 g/mol. The highest BCUT2D eigenvalue weighted by Gasteiger charge is 2.64. The van der Waals surface area contributed by atoms with Crippen LogP contribution in [0.4, 0.5) is 0 Å². The summed E-state index contributed by atoms with van der Waals surface area (Å²) in [7, 11) is 0. The number of carbonyl (C=O) groups excluding carboxylic acids is 3. The van der Waals surface area contributed by atoms with E-state index in [0.29, 0.717) is 6.42 Å². The quantitative estimate of drug-likeness (QED) is 0.546. The van der Waals surface area contributed by atoms with Gasteiger partial charge in [-0.15, -0.1) is 0 Å². The third kappa shape index (κ3) is 4.03. The lowest BCUT2D eigenvalue weighted by molar-refractivity contribution is -0.365. The van der Waals surface area contributed by atoms with Crippen molar-refractivity contribution in [3.8, 4) is 0 Å². The lowest BCUT2D eigenvalue weighted by Gasteiger charge is -2.58. The smallest absolute Gasteiger partial charge is 0.314 e. The number of esters is 3. The molecule has 0 amide bonds. The number of carbonyl (C=O) groups is 3. The first-order valence-corrected chi connectivity index (χ1v) is 9.56. The maximum atomic E-state index is 12.7. The Labute approximate surface area is 153 Å². The summed E-state index contributed by atoms with van der Waals surface area (Å²) in [4.78, 5) is 36.0. The molecule has 4 rings (SSSR count). The molecule has 3 saturated heterocycles. The molecule has 1 aliphatic carbocycles. The molecule has 0 radical (unpaired) electrons. The summed E-state index contributed by atoms with van der Waals surface area (Å²) in [6.45, 7) is 2.60. The van der Waals surface area contributed by atoms with Gasteiger partial charge in [0.2, 0.25) is 0 Å². The highest BCUT2D eigenvalue weighted by molar-refractivity contribution is 5.77. The van der Waals surface area contributed by atoms with Crippen LogP contribution in [0.5, 0.6) is 0 Å². The van der Waals surface area contributed by atoms with Crippen molar-refractivity contribution < 1.29 is 33.3 Å². The first kappa shape index (κ1) is 19.1. The van der Waals surface area contributed by atoms with Gasteiger partial charge in [0.25, 0.3) is 5.79 Å². The van der Waals surface area contributed by atoms with Crippen LogP contribution in [0, 0.1) is 11.8 Å². The summed E-state index contributed by atoms with van der Waals surface area (Å²) in [5.74, 6) is -2.84. The third-order valence-electron chi connectivity index (χ3n) is 5.66. The van der Waals surface area contributed by atoms with Crippen LogP contribution in [0.2, 0.25) is 0 Å². The second-order valence-electron chi connectivity index (χ2n) is 7.94. The molecular weight excluding hydrogens is 340 g/mol. The maximum Gasteiger partial charge on any atom is 0.314 e. The highest BCUT2D eigenvalue weighted by atomic mass is 16.8. The highest BCUT2D eigenvalue weighted by Crippen LogP contribution is 2.54. The fourth-order valence-corrected chi connectivity index (χ4v) is 4.45. The van der Waals surface area contributed by atoms with Crippen LogP contribution in [0.15, 0.2) is 0 Å². The van der Waals surface area contributed by atoms with Crippen LogP contribution in [0.25, 0.3) is 0 Å². The molecule has 3 heterocycles. The van der Waals surface area contributed by atoms with Crippen molar-refractivity contribution >= 4 is 17.9 Å². The Balaban J connectivity index is 1.79. The van der Waals surface area contributed by atoms with Gasteiger partial charge in [0.1, 0.15) is 0 Å². The molecule has 4 atom stereocenters. The van der Waals surface area contributed by atoms with Gasteiger partial charge in [0, 0.05) is 13.3 Å². The van der Waals surface area contributed by atoms with Gasteiger partial charge in [0.05, 0.1) is 11.5 Å². The van der Waals surface area contributed by atoms with Crippen molar-refractivity contribution in [2.45, 2.75) is 76.6 Å². The Kier molecular flexibility index (Phi) is 5.55. The van der Waals surface area contributed by atoms with E-state index in [1.54, 1.807) is 0 Å². The van der Waals surface area contributed by atoms with Crippen molar-refractivity contribution in [2.75, 3.05) is 13.2 Å². The molecule has 0 aromatic heterocycles. The Hall–Kier alpha value is -1.63. The zero-order valence-corrected chi connectivity index (χ0v) is 15.6. The molecule has 7 nitrogen and oxygen atoms in total. The zero-order valence-electron chi connectivity index (χ0n) is 15.6. The number of hydrogen-bond acceptors (Lipinski definition) is 7. The molecule has 146 valence electrons. The van der Waals surface area contributed by atoms with E-state index in [1.165, 1.54) is 6.92 Å². The fraction of sp³-hybridized carbons (Fsp3) is 0.842. The fourth-order valence-electron chi connectivity index (χ4n) is 4.45. The van der Waals surface area contributed by atoms with E-state index in [0.717, 1.165) is 44.9 Å². The molecule has 3 aliphatic heterocycles. The standard InChI is InChI=1S/C19H28O7/c1-13(20)23-11-19-12-24-15(21)9-7-5-3-4-6-8-14-10-18(2,26-19)16(14)17(22)25-19/h14,16H,3-12H2,1-2H3/t14-,16+,18+,19-/m1/s1. The van der Waals surface area contributed by atoms with Crippen molar-refractivity contribution in [3.05, 3.63) is 0 Å². The average Bonchev–Trinajstić information content (AvgIpc) is 2.55. The molecule has 7 heteroatoms. The van der Waals surface area contributed by atoms with Gasteiger partial charge in [-0.05, 0) is 32.1 Å². The van der Waals surface area contributed by atoms with Crippen molar-refractivity contribution in [2.24, 2.45) is 11.8 Å². The average molecular weight is 368 g/mol. The lowest BCUT2D eigenvalue weighted by atomic mass is 9.59. The molecular formula is C19H28O7. The maximum absolute atomic E-state index is 12.7. The Bertz CT molecular complexity index is 574. The molecule has 4 bridgehead atoms. The number of hydrogen-bond donors (Lipinski definition) is 0. The Morgan fingerprint density at radius 1 is 1.19 bits per heavy atom. The van der Waals surface area contributed by atoms with E-state index < -0.39 is 17.4 Å². The zero-order chi connectivity index (χ0) is 18.8. The molecule has 0 aromatic carbocycles. The molecule has 0 unspecified atom stereocenters. The van der Waals surface area contributed by atoms with Crippen LogP contribution in [-0.4, -0.2) is 42.5 Å². The summed E-state index contributed by atoms with van der Waals surface area (Å²) in [5.41, 5.74) is -0.674. The van der Waals surface area contributed by atoms with Gasteiger partial charge in [0.15, 0.2) is 13.2 Å². The summed E-state index contributed by atoms with van der Waals surface area (Å²) in [6, 6.07) is 0. The molecule has 1 saturated carbocycles. The SMILES string of the molecule is CC(=O)OC[C@]12COC(=O)CCCCCCC[C@@H]3C[C@](C)(O1)[C@@H]3C(=O)O2. The minimum atomic E-state index is -1.56. The predicted octanol–water partition coefficient (Wildman–Crippen LogP) is 2.50. The third-order valence-corrected chi connectivity index (χ3v) is 5.66. The van der Waals surface area contributed by atoms with Gasteiger partial charge in [-0.1, -0.05) is 25.7 Å². The first-order chi connectivity index (χ1) is 12.3. The van der Waals surface area contributed by atoms with Crippen molar-refractivity contribution in [3.63, 3.8) is 0 Å². The van der Waals surface area contributed by atoms with E-state index in [2.05, 4.69) is 0 Å². The molecule has 0 N–H and O–H groups in total.